The molecule has 16 heavy (non-hydrogen) atoms. The molecule has 0 bridgehead atoms. The number of carbonyl (C=O) groups excluding carboxylic acids is 1. The highest BCUT2D eigenvalue weighted by Gasteiger charge is 2.07. The number of hydrogen-bond donors (Lipinski definition) is 2. The number of amides is 1. The van der Waals surface area contributed by atoms with Gasteiger partial charge in [-0.2, -0.15) is 0 Å². The van der Waals surface area contributed by atoms with Gasteiger partial charge in [-0.3, -0.25) is 4.79 Å². The van der Waals surface area contributed by atoms with Gasteiger partial charge in [0.2, 0.25) is 10.0 Å². The van der Waals surface area contributed by atoms with Crippen molar-refractivity contribution in [3.63, 3.8) is 0 Å². The Kier molecular flexibility index (Phi) is 4.51. The molecule has 0 atom stereocenters. The summed E-state index contributed by atoms with van der Waals surface area (Å²) in [5, 5.41) is 2.56. The molecule has 0 saturated heterocycles. The minimum absolute atomic E-state index is 0.0304. The topological polar surface area (TPSA) is 88.4 Å². The van der Waals surface area contributed by atoms with Crippen molar-refractivity contribution in [3.8, 4) is 0 Å². The van der Waals surface area contributed by atoms with Gasteiger partial charge in [0.15, 0.2) is 0 Å². The Hall–Kier alpha value is -1.34. The molecule has 0 unspecified atom stereocenters. The Morgan fingerprint density at radius 2 is 2.19 bits per heavy atom. The first kappa shape index (κ1) is 12.7. The standard InChI is InChI=1S/C9H14N2O4S/c1-2-16(13,14)11-5-4-10-9(12)8-3-6-15-7-8/h3,6-7,11H,2,4-5H2,1H3,(H,10,12). The van der Waals surface area contributed by atoms with Crippen molar-refractivity contribution < 1.29 is 17.6 Å². The highest BCUT2D eigenvalue weighted by molar-refractivity contribution is 7.89. The second-order valence-corrected chi connectivity index (χ2v) is 5.16. The molecule has 1 heterocycles. The molecule has 0 aliphatic carbocycles. The fraction of sp³-hybridized carbons (Fsp3) is 0.444. The Labute approximate surface area is 94.1 Å². The molecule has 0 fully saturated rings. The van der Waals surface area contributed by atoms with E-state index in [4.69, 9.17) is 4.42 Å². The molecule has 0 aliphatic rings. The van der Waals surface area contributed by atoms with Crippen molar-refractivity contribution >= 4 is 15.9 Å². The first-order valence-electron chi connectivity index (χ1n) is 4.83. The smallest absolute Gasteiger partial charge is 0.254 e. The quantitative estimate of drug-likeness (QED) is 0.689. The third-order valence-corrected chi connectivity index (χ3v) is 3.30. The van der Waals surface area contributed by atoms with E-state index in [1.54, 1.807) is 6.92 Å². The molecule has 1 rings (SSSR count). The molecule has 1 aromatic heterocycles. The van der Waals surface area contributed by atoms with Crippen LogP contribution in [-0.4, -0.2) is 33.2 Å². The van der Waals surface area contributed by atoms with E-state index < -0.39 is 10.0 Å². The van der Waals surface area contributed by atoms with Crippen LogP contribution in [0.25, 0.3) is 0 Å². The summed E-state index contributed by atoms with van der Waals surface area (Å²) in [6, 6.07) is 1.53. The van der Waals surface area contributed by atoms with E-state index in [-0.39, 0.29) is 24.7 Å². The van der Waals surface area contributed by atoms with Gasteiger partial charge < -0.3 is 9.73 Å². The minimum Gasteiger partial charge on any atom is -0.472 e. The highest BCUT2D eigenvalue weighted by atomic mass is 32.2. The van der Waals surface area contributed by atoms with E-state index in [1.165, 1.54) is 18.6 Å². The maximum absolute atomic E-state index is 11.4. The molecule has 1 amide bonds. The summed E-state index contributed by atoms with van der Waals surface area (Å²) in [5.74, 6) is -0.257. The summed E-state index contributed by atoms with van der Waals surface area (Å²) in [7, 11) is -3.19. The molecule has 0 radical (unpaired) electrons. The number of carbonyl (C=O) groups is 1. The van der Waals surface area contributed by atoms with Crippen LogP contribution in [0.1, 0.15) is 17.3 Å². The first-order chi connectivity index (χ1) is 7.55. The Morgan fingerprint density at radius 1 is 1.44 bits per heavy atom. The zero-order chi connectivity index (χ0) is 12.0. The molecule has 6 nitrogen and oxygen atoms in total. The van der Waals surface area contributed by atoms with Crippen LogP contribution in [0.3, 0.4) is 0 Å². The number of rotatable bonds is 6. The van der Waals surface area contributed by atoms with Gasteiger partial charge in [-0.25, -0.2) is 13.1 Å². The van der Waals surface area contributed by atoms with Gasteiger partial charge in [0, 0.05) is 13.1 Å². The normalized spacial score (nSPS) is 11.3. The zero-order valence-corrected chi connectivity index (χ0v) is 9.71. The molecule has 0 spiro atoms. The average molecular weight is 246 g/mol. The lowest BCUT2D eigenvalue weighted by Gasteiger charge is -2.05. The summed E-state index contributed by atoms with van der Waals surface area (Å²) in [6.07, 6.45) is 2.72. The second-order valence-electron chi connectivity index (χ2n) is 3.07. The molecular formula is C9H14N2O4S. The molecule has 0 aromatic carbocycles. The van der Waals surface area contributed by atoms with Gasteiger partial charge in [0.25, 0.3) is 5.91 Å². The monoisotopic (exact) mass is 246 g/mol. The summed E-state index contributed by atoms with van der Waals surface area (Å²) in [4.78, 5) is 11.4. The van der Waals surface area contributed by atoms with Crippen LogP contribution in [0.4, 0.5) is 0 Å². The fourth-order valence-electron chi connectivity index (χ4n) is 0.980. The summed E-state index contributed by atoms with van der Waals surface area (Å²) in [5.41, 5.74) is 0.415. The maximum atomic E-state index is 11.4. The lowest BCUT2D eigenvalue weighted by atomic mass is 10.3. The number of furan rings is 1. The van der Waals surface area contributed by atoms with E-state index in [2.05, 4.69) is 10.0 Å². The molecule has 1 aromatic rings. The van der Waals surface area contributed by atoms with Gasteiger partial charge in [-0.1, -0.05) is 0 Å². The maximum Gasteiger partial charge on any atom is 0.254 e. The Morgan fingerprint density at radius 3 is 2.75 bits per heavy atom. The van der Waals surface area contributed by atoms with Crippen molar-refractivity contribution in [3.05, 3.63) is 24.2 Å². The Balaban J connectivity index is 2.24. The van der Waals surface area contributed by atoms with Crippen LogP contribution in [-0.2, 0) is 10.0 Å². The summed E-state index contributed by atoms with van der Waals surface area (Å²) >= 11 is 0. The van der Waals surface area contributed by atoms with Gasteiger partial charge in [-0.15, -0.1) is 0 Å². The number of nitrogens with one attached hydrogen (secondary N) is 2. The zero-order valence-electron chi connectivity index (χ0n) is 8.89. The van der Waals surface area contributed by atoms with Crippen LogP contribution < -0.4 is 10.0 Å². The number of sulfonamides is 1. The van der Waals surface area contributed by atoms with E-state index in [0.717, 1.165) is 0 Å². The van der Waals surface area contributed by atoms with E-state index in [0.29, 0.717) is 5.56 Å². The molecule has 2 N–H and O–H groups in total. The van der Waals surface area contributed by atoms with Crippen LogP contribution in [0.15, 0.2) is 23.0 Å². The van der Waals surface area contributed by atoms with Crippen molar-refractivity contribution in [2.75, 3.05) is 18.8 Å². The van der Waals surface area contributed by atoms with Crippen LogP contribution >= 0.6 is 0 Å². The van der Waals surface area contributed by atoms with Crippen LogP contribution in [0.2, 0.25) is 0 Å². The van der Waals surface area contributed by atoms with Gasteiger partial charge in [-0.05, 0) is 13.0 Å². The fourth-order valence-corrected chi connectivity index (χ4v) is 1.60. The van der Waals surface area contributed by atoms with Gasteiger partial charge in [0.05, 0.1) is 17.6 Å². The lowest BCUT2D eigenvalue weighted by Crippen LogP contribution is -2.35. The van der Waals surface area contributed by atoms with Gasteiger partial charge >= 0.3 is 0 Å². The SMILES string of the molecule is CCS(=O)(=O)NCCNC(=O)c1ccoc1. The lowest BCUT2D eigenvalue weighted by molar-refractivity contribution is 0.0953. The minimum atomic E-state index is -3.19. The summed E-state index contributed by atoms with van der Waals surface area (Å²) < 4.78 is 29.2. The molecule has 0 aliphatic heterocycles. The third kappa shape index (κ3) is 4.03. The largest absolute Gasteiger partial charge is 0.472 e. The van der Waals surface area contributed by atoms with E-state index >= 15 is 0 Å². The molecule has 90 valence electrons. The Bertz CT molecular complexity index is 424. The van der Waals surface area contributed by atoms with Crippen molar-refractivity contribution in [1.29, 1.82) is 0 Å². The van der Waals surface area contributed by atoms with Crippen LogP contribution in [0, 0.1) is 0 Å². The van der Waals surface area contributed by atoms with Crippen LogP contribution in [0.5, 0.6) is 0 Å². The first-order valence-corrected chi connectivity index (χ1v) is 6.48. The van der Waals surface area contributed by atoms with E-state index in [9.17, 15) is 13.2 Å². The van der Waals surface area contributed by atoms with Crippen molar-refractivity contribution in [1.82, 2.24) is 10.0 Å². The predicted molar refractivity (Wildman–Crippen MR) is 58.5 cm³/mol. The average Bonchev–Trinajstić information content (AvgIpc) is 2.77. The molecular weight excluding hydrogens is 232 g/mol. The highest BCUT2D eigenvalue weighted by Crippen LogP contribution is 1.98. The summed E-state index contributed by atoms with van der Waals surface area (Å²) in [6.45, 7) is 1.97. The third-order valence-electron chi connectivity index (χ3n) is 1.90. The molecule has 0 saturated carbocycles. The second kappa shape index (κ2) is 5.66. The molecule has 7 heteroatoms. The predicted octanol–water partition coefficient (Wildman–Crippen LogP) is -0.0513. The number of hydrogen-bond acceptors (Lipinski definition) is 4. The van der Waals surface area contributed by atoms with E-state index in [1.807, 2.05) is 0 Å². The van der Waals surface area contributed by atoms with Crippen molar-refractivity contribution in [2.45, 2.75) is 6.92 Å². The van der Waals surface area contributed by atoms with Crippen molar-refractivity contribution in [2.24, 2.45) is 0 Å². The van der Waals surface area contributed by atoms with Gasteiger partial charge in [0.1, 0.15) is 6.26 Å².